The number of hydrogen-bond acceptors (Lipinski definition) is 5. The van der Waals surface area contributed by atoms with Crippen LogP contribution in [0.15, 0.2) is 28.8 Å². The number of rotatable bonds is 6. The van der Waals surface area contributed by atoms with Crippen LogP contribution in [0.2, 0.25) is 0 Å². The van der Waals surface area contributed by atoms with E-state index in [1.165, 1.54) is 0 Å². The molecule has 0 aliphatic heterocycles. The summed E-state index contributed by atoms with van der Waals surface area (Å²) in [5, 5.41) is 8.97. The van der Waals surface area contributed by atoms with Crippen molar-refractivity contribution in [2.45, 2.75) is 20.3 Å². The Hall–Kier alpha value is -2.70. The Morgan fingerprint density at radius 2 is 1.91 bits per heavy atom. The van der Waals surface area contributed by atoms with Crippen molar-refractivity contribution in [1.82, 2.24) is 20.8 Å². The Kier molecular flexibility index (Phi) is 5.24. The molecule has 116 valence electrons. The Bertz CT molecular complexity index is 649. The fourth-order valence-electron chi connectivity index (χ4n) is 1.77. The minimum atomic E-state index is -0.306. The van der Waals surface area contributed by atoms with Gasteiger partial charge in [-0.05, 0) is 37.6 Å². The van der Waals surface area contributed by atoms with Crippen LogP contribution in [0.1, 0.15) is 29.5 Å². The highest BCUT2D eigenvalue weighted by Crippen LogP contribution is 2.17. The summed E-state index contributed by atoms with van der Waals surface area (Å²) in [4.78, 5) is 27.5. The van der Waals surface area contributed by atoms with Crippen molar-refractivity contribution in [2.24, 2.45) is 0 Å². The predicted molar refractivity (Wildman–Crippen MR) is 80.1 cm³/mol. The van der Waals surface area contributed by atoms with Crippen molar-refractivity contribution in [3.63, 3.8) is 0 Å². The maximum atomic E-state index is 11.9. The first-order valence-corrected chi connectivity index (χ1v) is 7.05. The number of nitrogens with zero attached hydrogens (tertiary/aromatic N) is 2. The Labute approximate surface area is 128 Å². The first-order valence-electron chi connectivity index (χ1n) is 7.05. The van der Waals surface area contributed by atoms with Crippen molar-refractivity contribution >= 4 is 11.8 Å². The average molecular weight is 302 g/mol. The van der Waals surface area contributed by atoms with Crippen LogP contribution in [0, 0.1) is 6.92 Å². The smallest absolute Gasteiger partial charge is 0.257 e. The van der Waals surface area contributed by atoms with Crippen LogP contribution in [0.25, 0.3) is 11.5 Å². The average Bonchev–Trinajstić information content (AvgIpc) is 2.97. The van der Waals surface area contributed by atoms with Crippen molar-refractivity contribution in [1.29, 1.82) is 0 Å². The van der Waals surface area contributed by atoms with Crippen LogP contribution in [-0.4, -0.2) is 35.0 Å². The molecular weight excluding hydrogens is 284 g/mol. The lowest BCUT2D eigenvalue weighted by Crippen LogP contribution is -2.37. The van der Waals surface area contributed by atoms with Gasteiger partial charge in [-0.25, -0.2) is 0 Å². The van der Waals surface area contributed by atoms with Gasteiger partial charge in [-0.2, -0.15) is 4.98 Å². The van der Waals surface area contributed by atoms with E-state index in [9.17, 15) is 9.59 Å². The van der Waals surface area contributed by atoms with Crippen LogP contribution in [-0.2, 0) is 4.79 Å². The van der Waals surface area contributed by atoms with Gasteiger partial charge in [0.25, 0.3) is 11.8 Å². The summed E-state index contributed by atoms with van der Waals surface area (Å²) < 4.78 is 5.05. The fraction of sp³-hybridized carbons (Fsp3) is 0.333. The molecule has 7 nitrogen and oxygen atoms in total. The zero-order valence-electron chi connectivity index (χ0n) is 12.5. The van der Waals surface area contributed by atoms with E-state index < -0.39 is 0 Å². The summed E-state index contributed by atoms with van der Waals surface area (Å²) in [5.41, 5.74) is 1.20. The highest BCUT2D eigenvalue weighted by Gasteiger charge is 2.10. The number of benzene rings is 1. The molecule has 1 heterocycles. The quantitative estimate of drug-likeness (QED) is 0.838. The molecule has 0 spiro atoms. The maximum absolute atomic E-state index is 11.9. The van der Waals surface area contributed by atoms with Crippen LogP contribution < -0.4 is 10.6 Å². The zero-order valence-corrected chi connectivity index (χ0v) is 12.5. The topological polar surface area (TPSA) is 97.1 Å². The molecule has 1 aromatic carbocycles. The monoisotopic (exact) mass is 302 g/mol. The lowest BCUT2D eigenvalue weighted by molar-refractivity contribution is -0.120. The number of carbonyl (C=O) groups is 2. The molecule has 0 bridgehead atoms. The van der Waals surface area contributed by atoms with Crippen LogP contribution >= 0.6 is 0 Å². The summed E-state index contributed by atoms with van der Waals surface area (Å²) in [6, 6.07) is 6.74. The number of carbonyl (C=O) groups excluding carboxylic acids is 2. The standard InChI is InChI=1S/C15H18N4O3/c1-3-8-16-13(20)9-17-14(21)11-4-6-12(7-5-11)15-18-10(2)19-22-15/h4-7H,3,8-9H2,1-2H3,(H,16,20)(H,17,21). The molecule has 1 aromatic heterocycles. The summed E-state index contributed by atoms with van der Waals surface area (Å²) >= 11 is 0. The van der Waals surface area contributed by atoms with Crippen LogP contribution in [0.4, 0.5) is 0 Å². The first kappa shape index (κ1) is 15.7. The molecule has 2 rings (SSSR count). The highest BCUT2D eigenvalue weighted by molar-refractivity contribution is 5.96. The number of amides is 2. The van der Waals surface area contributed by atoms with Crippen molar-refractivity contribution < 1.29 is 14.1 Å². The van der Waals surface area contributed by atoms with Crippen LogP contribution in [0.3, 0.4) is 0 Å². The van der Waals surface area contributed by atoms with Gasteiger partial charge in [0.05, 0.1) is 6.54 Å². The largest absolute Gasteiger partial charge is 0.355 e. The molecule has 0 unspecified atom stereocenters. The molecule has 0 saturated heterocycles. The van der Waals surface area contributed by atoms with E-state index >= 15 is 0 Å². The third kappa shape index (κ3) is 4.15. The Morgan fingerprint density at radius 3 is 2.50 bits per heavy atom. The van der Waals surface area contributed by atoms with E-state index in [0.717, 1.165) is 12.0 Å². The van der Waals surface area contributed by atoms with E-state index in [1.54, 1.807) is 31.2 Å². The van der Waals surface area contributed by atoms with Crippen molar-refractivity contribution in [3.05, 3.63) is 35.7 Å². The molecular formula is C15H18N4O3. The van der Waals surface area contributed by atoms with Gasteiger partial charge in [0.2, 0.25) is 5.91 Å². The van der Waals surface area contributed by atoms with E-state index in [4.69, 9.17) is 4.52 Å². The summed E-state index contributed by atoms with van der Waals surface area (Å²) in [7, 11) is 0. The van der Waals surface area contributed by atoms with E-state index in [0.29, 0.717) is 23.8 Å². The summed E-state index contributed by atoms with van der Waals surface area (Å²) in [6.45, 7) is 4.26. The predicted octanol–water partition coefficient (Wildman–Crippen LogP) is 1.30. The molecule has 0 atom stereocenters. The number of aryl methyl sites for hydroxylation is 1. The highest BCUT2D eigenvalue weighted by atomic mass is 16.5. The second-order valence-corrected chi connectivity index (χ2v) is 4.76. The zero-order chi connectivity index (χ0) is 15.9. The molecule has 2 N–H and O–H groups in total. The summed E-state index contributed by atoms with van der Waals surface area (Å²) in [6.07, 6.45) is 0.857. The number of nitrogens with one attached hydrogen (secondary N) is 2. The molecule has 0 aliphatic rings. The Balaban J connectivity index is 1.92. The number of aromatic nitrogens is 2. The molecule has 0 saturated carbocycles. The van der Waals surface area contributed by atoms with Gasteiger partial charge in [0, 0.05) is 17.7 Å². The second-order valence-electron chi connectivity index (χ2n) is 4.76. The molecule has 0 fully saturated rings. The lowest BCUT2D eigenvalue weighted by atomic mass is 10.1. The third-order valence-electron chi connectivity index (χ3n) is 2.90. The van der Waals surface area contributed by atoms with Gasteiger partial charge >= 0.3 is 0 Å². The molecule has 7 heteroatoms. The van der Waals surface area contributed by atoms with Gasteiger partial charge in [-0.15, -0.1) is 0 Å². The van der Waals surface area contributed by atoms with Gasteiger partial charge < -0.3 is 15.2 Å². The Morgan fingerprint density at radius 1 is 1.18 bits per heavy atom. The molecule has 2 amide bonds. The summed E-state index contributed by atoms with van der Waals surface area (Å²) in [5.74, 6) is 0.450. The van der Waals surface area contributed by atoms with Crippen molar-refractivity contribution in [2.75, 3.05) is 13.1 Å². The first-order chi connectivity index (χ1) is 10.6. The molecule has 0 aliphatic carbocycles. The fourth-order valence-corrected chi connectivity index (χ4v) is 1.77. The minimum absolute atomic E-state index is 0.0383. The SMILES string of the molecule is CCCNC(=O)CNC(=O)c1ccc(-c2nc(C)no2)cc1. The molecule has 22 heavy (non-hydrogen) atoms. The van der Waals surface area contributed by atoms with Gasteiger partial charge in [-0.3, -0.25) is 9.59 Å². The van der Waals surface area contributed by atoms with Gasteiger partial charge in [0.15, 0.2) is 5.82 Å². The normalized spacial score (nSPS) is 10.3. The molecule has 0 radical (unpaired) electrons. The van der Waals surface area contributed by atoms with E-state index in [1.807, 2.05) is 6.92 Å². The van der Waals surface area contributed by atoms with Gasteiger partial charge in [0.1, 0.15) is 0 Å². The molecule has 2 aromatic rings. The van der Waals surface area contributed by atoms with Crippen molar-refractivity contribution in [3.8, 4) is 11.5 Å². The van der Waals surface area contributed by atoms with Crippen LogP contribution in [0.5, 0.6) is 0 Å². The lowest BCUT2D eigenvalue weighted by Gasteiger charge is -2.06. The van der Waals surface area contributed by atoms with Gasteiger partial charge in [-0.1, -0.05) is 12.1 Å². The second kappa shape index (κ2) is 7.35. The van der Waals surface area contributed by atoms with E-state index in [2.05, 4.69) is 20.8 Å². The maximum Gasteiger partial charge on any atom is 0.257 e. The number of hydrogen-bond donors (Lipinski definition) is 2. The van der Waals surface area contributed by atoms with E-state index in [-0.39, 0.29) is 18.4 Å². The minimum Gasteiger partial charge on any atom is -0.355 e. The third-order valence-corrected chi connectivity index (χ3v) is 2.90.